The summed E-state index contributed by atoms with van der Waals surface area (Å²) in [6, 6.07) is 29.6. The summed E-state index contributed by atoms with van der Waals surface area (Å²) in [6.45, 7) is 4.36. The summed E-state index contributed by atoms with van der Waals surface area (Å²) in [5.41, 5.74) is 2.25. The van der Waals surface area contributed by atoms with Gasteiger partial charge < -0.3 is 5.32 Å². The third kappa shape index (κ3) is 4.00. The summed E-state index contributed by atoms with van der Waals surface area (Å²) in [4.78, 5) is 0. The molecule has 0 spiro atoms. The Morgan fingerprint density at radius 2 is 1.24 bits per heavy atom. The smallest absolute Gasteiger partial charge is 0.0464 e. The molecule has 0 radical (unpaired) electrons. The van der Waals surface area contributed by atoms with Gasteiger partial charge in [-0.05, 0) is 34.4 Å². The maximum absolute atomic E-state index is 3.51. The first-order chi connectivity index (χ1) is 12.3. The monoisotopic (exact) mass is 327 g/mol. The molecule has 1 nitrogen and oxygen atoms in total. The molecule has 1 heteroatoms. The Kier molecular flexibility index (Phi) is 5.69. The molecule has 0 atom stereocenters. The number of anilines is 2. The van der Waals surface area contributed by atoms with Gasteiger partial charge >= 0.3 is 0 Å². The minimum absolute atomic E-state index is 1.11. The van der Waals surface area contributed by atoms with Gasteiger partial charge in [-0.3, -0.25) is 0 Å². The van der Waals surface area contributed by atoms with Crippen molar-refractivity contribution in [2.45, 2.75) is 26.7 Å². The minimum Gasteiger partial charge on any atom is -0.355 e. The Bertz CT molecular complexity index is 940. The summed E-state index contributed by atoms with van der Waals surface area (Å²) < 4.78 is 0. The Hall–Kier alpha value is -2.80. The van der Waals surface area contributed by atoms with Crippen LogP contribution in [-0.2, 0) is 0 Å². The van der Waals surface area contributed by atoms with E-state index in [1.807, 2.05) is 18.2 Å². The average Bonchev–Trinajstić information content (AvgIpc) is 2.69. The molecular formula is C24H25N. The molecule has 0 fully saturated rings. The van der Waals surface area contributed by atoms with E-state index in [4.69, 9.17) is 0 Å². The second kappa shape index (κ2) is 8.34. The maximum Gasteiger partial charge on any atom is 0.0464 e. The highest BCUT2D eigenvalue weighted by Crippen LogP contribution is 2.31. The number of rotatable bonds is 3. The van der Waals surface area contributed by atoms with Gasteiger partial charge in [-0.1, -0.05) is 93.4 Å². The first-order valence-corrected chi connectivity index (χ1v) is 9.06. The zero-order valence-electron chi connectivity index (χ0n) is 15.0. The highest BCUT2D eigenvalue weighted by atomic mass is 14.9. The second-order valence-corrected chi connectivity index (χ2v) is 6.18. The lowest BCUT2D eigenvalue weighted by atomic mass is 10.0. The second-order valence-electron chi connectivity index (χ2n) is 6.18. The molecule has 0 aliphatic carbocycles. The normalized spacial score (nSPS) is 10.3. The van der Waals surface area contributed by atoms with E-state index in [0.717, 1.165) is 11.4 Å². The Balaban J connectivity index is 0.000000415. The third-order valence-electron chi connectivity index (χ3n) is 4.34. The highest BCUT2D eigenvalue weighted by molar-refractivity contribution is 6.11. The van der Waals surface area contributed by atoms with Crippen LogP contribution in [0.5, 0.6) is 0 Å². The quantitative estimate of drug-likeness (QED) is 0.383. The molecule has 0 unspecified atom stereocenters. The number of para-hydroxylation sites is 1. The van der Waals surface area contributed by atoms with Crippen molar-refractivity contribution in [1.82, 2.24) is 0 Å². The molecule has 4 aromatic rings. The molecule has 25 heavy (non-hydrogen) atoms. The van der Waals surface area contributed by atoms with Crippen molar-refractivity contribution in [2.75, 3.05) is 5.32 Å². The largest absolute Gasteiger partial charge is 0.355 e. The van der Waals surface area contributed by atoms with E-state index in [-0.39, 0.29) is 0 Å². The van der Waals surface area contributed by atoms with Crippen molar-refractivity contribution in [3.05, 3.63) is 84.9 Å². The summed E-state index contributed by atoms with van der Waals surface area (Å²) in [7, 11) is 0. The zero-order valence-corrected chi connectivity index (χ0v) is 15.0. The molecule has 0 amide bonds. The van der Waals surface area contributed by atoms with E-state index in [9.17, 15) is 0 Å². The van der Waals surface area contributed by atoms with E-state index < -0.39 is 0 Å². The van der Waals surface area contributed by atoms with Crippen molar-refractivity contribution in [1.29, 1.82) is 0 Å². The van der Waals surface area contributed by atoms with Gasteiger partial charge in [-0.15, -0.1) is 0 Å². The van der Waals surface area contributed by atoms with Gasteiger partial charge in [-0.2, -0.15) is 0 Å². The zero-order chi connectivity index (χ0) is 17.5. The molecule has 1 N–H and O–H groups in total. The van der Waals surface area contributed by atoms with Crippen LogP contribution >= 0.6 is 0 Å². The van der Waals surface area contributed by atoms with Gasteiger partial charge in [0.2, 0.25) is 0 Å². The van der Waals surface area contributed by atoms with Crippen molar-refractivity contribution >= 4 is 32.9 Å². The van der Waals surface area contributed by atoms with Crippen LogP contribution in [0.25, 0.3) is 21.5 Å². The Labute approximate surface area is 150 Å². The molecule has 0 bridgehead atoms. The number of hydrogen-bond donors (Lipinski definition) is 1. The van der Waals surface area contributed by atoms with Gasteiger partial charge in [0.05, 0.1) is 0 Å². The molecule has 4 rings (SSSR count). The Morgan fingerprint density at radius 3 is 2.00 bits per heavy atom. The number of benzene rings is 4. The lowest BCUT2D eigenvalue weighted by molar-refractivity contribution is 0.886. The average molecular weight is 327 g/mol. The molecule has 4 aromatic carbocycles. The fourth-order valence-electron chi connectivity index (χ4n) is 2.83. The topological polar surface area (TPSA) is 12.0 Å². The number of unbranched alkanes of at least 4 members (excludes halogenated alkanes) is 1. The Morgan fingerprint density at radius 1 is 0.560 bits per heavy atom. The van der Waals surface area contributed by atoms with E-state index >= 15 is 0 Å². The van der Waals surface area contributed by atoms with Crippen LogP contribution in [-0.4, -0.2) is 0 Å². The lowest BCUT2D eigenvalue weighted by Gasteiger charge is -2.11. The molecule has 0 saturated carbocycles. The lowest BCUT2D eigenvalue weighted by Crippen LogP contribution is -1.91. The first-order valence-electron chi connectivity index (χ1n) is 9.06. The summed E-state index contributed by atoms with van der Waals surface area (Å²) in [5, 5.41) is 8.63. The summed E-state index contributed by atoms with van der Waals surface area (Å²) in [5.74, 6) is 0. The van der Waals surface area contributed by atoms with Gasteiger partial charge in [0.1, 0.15) is 0 Å². The van der Waals surface area contributed by atoms with Crippen LogP contribution in [0, 0.1) is 0 Å². The fourth-order valence-corrected chi connectivity index (χ4v) is 2.83. The maximum atomic E-state index is 3.51. The van der Waals surface area contributed by atoms with E-state index in [2.05, 4.69) is 85.9 Å². The van der Waals surface area contributed by atoms with Gasteiger partial charge in [-0.25, -0.2) is 0 Å². The van der Waals surface area contributed by atoms with Crippen LogP contribution in [0.2, 0.25) is 0 Å². The SMILES string of the molecule is CCCC.c1ccc(Nc2cccc3c2ccc2ccccc23)cc1. The molecule has 0 aliphatic heterocycles. The predicted octanol–water partition coefficient (Wildman–Crippen LogP) is 7.54. The van der Waals surface area contributed by atoms with Crippen LogP contribution in [0.15, 0.2) is 84.9 Å². The fraction of sp³-hybridized carbons (Fsp3) is 0.167. The predicted molar refractivity (Wildman–Crippen MR) is 112 cm³/mol. The van der Waals surface area contributed by atoms with E-state index in [0.29, 0.717) is 0 Å². The molecule has 0 aromatic heterocycles. The first kappa shape index (κ1) is 17.0. The van der Waals surface area contributed by atoms with Crippen LogP contribution in [0.4, 0.5) is 11.4 Å². The van der Waals surface area contributed by atoms with Gasteiger partial charge in [0.15, 0.2) is 0 Å². The van der Waals surface area contributed by atoms with E-state index in [1.54, 1.807) is 0 Å². The minimum atomic E-state index is 1.11. The van der Waals surface area contributed by atoms with Crippen LogP contribution in [0.1, 0.15) is 26.7 Å². The molecule has 126 valence electrons. The van der Waals surface area contributed by atoms with Crippen LogP contribution < -0.4 is 5.32 Å². The molecule has 0 heterocycles. The molecule has 0 aliphatic rings. The number of hydrogen-bond acceptors (Lipinski definition) is 1. The highest BCUT2D eigenvalue weighted by Gasteiger charge is 2.04. The summed E-state index contributed by atoms with van der Waals surface area (Å²) >= 11 is 0. The molecular weight excluding hydrogens is 302 g/mol. The van der Waals surface area contributed by atoms with Crippen molar-refractivity contribution in [3.63, 3.8) is 0 Å². The van der Waals surface area contributed by atoms with Gasteiger partial charge in [0.25, 0.3) is 0 Å². The number of nitrogens with one attached hydrogen (secondary N) is 1. The van der Waals surface area contributed by atoms with Crippen LogP contribution in [0.3, 0.4) is 0 Å². The number of fused-ring (bicyclic) bond motifs is 3. The van der Waals surface area contributed by atoms with Crippen molar-refractivity contribution in [2.24, 2.45) is 0 Å². The summed E-state index contributed by atoms with van der Waals surface area (Å²) in [6.07, 6.45) is 2.64. The van der Waals surface area contributed by atoms with Crippen molar-refractivity contribution in [3.8, 4) is 0 Å². The van der Waals surface area contributed by atoms with Crippen molar-refractivity contribution < 1.29 is 0 Å². The standard InChI is InChI=1S/C20H15N.C4H10/c1-2-8-16(9-3-1)21-20-12-6-11-18-17-10-5-4-7-15(17)13-14-19(18)20;1-3-4-2/h1-14,21H;3-4H2,1-2H3. The van der Waals surface area contributed by atoms with Gasteiger partial charge in [0, 0.05) is 16.8 Å². The molecule has 0 saturated heterocycles. The van der Waals surface area contributed by atoms with E-state index in [1.165, 1.54) is 34.4 Å². The third-order valence-corrected chi connectivity index (χ3v) is 4.34.